The van der Waals surface area contributed by atoms with E-state index in [0.717, 1.165) is 17.8 Å². The van der Waals surface area contributed by atoms with Gasteiger partial charge < -0.3 is 0 Å². The first kappa shape index (κ1) is 12.3. The monoisotopic (exact) mass is 254 g/mol. The molecule has 94 valence electrons. The van der Waals surface area contributed by atoms with Crippen LogP contribution in [0.15, 0.2) is 42.9 Å². The lowest BCUT2D eigenvalue weighted by atomic mass is 10.2. The zero-order chi connectivity index (χ0) is 13.0. The fourth-order valence-corrected chi connectivity index (χ4v) is 1.41. The minimum Gasteiger partial charge on any atom is -0.270 e. The van der Waals surface area contributed by atoms with E-state index in [1.807, 2.05) is 6.07 Å². The predicted octanol–water partition coefficient (Wildman–Crippen LogP) is 2.53. The van der Waals surface area contributed by atoms with Crippen LogP contribution in [0, 0.1) is 0 Å². The molecular weight excluding hydrogens is 243 g/mol. The van der Waals surface area contributed by atoms with E-state index >= 15 is 0 Å². The van der Waals surface area contributed by atoms with Gasteiger partial charge in [-0.3, -0.25) is 10.3 Å². The summed E-state index contributed by atoms with van der Waals surface area (Å²) in [5, 5.41) is 2.98. The molecule has 0 fully saturated rings. The van der Waals surface area contributed by atoms with Crippen molar-refractivity contribution in [3.8, 4) is 0 Å². The second-order valence-electron chi connectivity index (χ2n) is 3.70. The van der Waals surface area contributed by atoms with Gasteiger partial charge in [0.2, 0.25) is 0 Å². The van der Waals surface area contributed by atoms with Gasteiger partial charge in [-0.1, -0.05) is 6.07 Å². The Labute approximate surface area is 102 Å². The number of aromatic amines is 1. The maximum Gasteiger partial charge on any atom is 0.419 e. The highest BCUT2D eigenvalue weighted by Crippen LogP contribution is 2.27. The average molecular weight is 254 g/mol. The number of rotatable bonds is 3. The number of hydrogen-bond acceptors (Lipinski definition) is 2. The maximum atomic E-state index is 12.3. The van der Waals surface area contributed by atoms with Crippen LogP contribution in [0.25, 0.3) is 0 Å². The molecule has 6 heteroatoms. The molecule has 0 aromatic carbocycles. The van der Waals surface area contributed by atoms with E-state index in [2.05, 4.69) is 15.3 Å². The quantitative estimate of drug-likeness (QED) is 0.914. The number of nitrogens with one attached hydrogen (secondary N) is 2. The van der Waals surface area contributed by atoms with Gasteiger partial charge in [0.15, 0.2) is 0 Å². The number of nitrogens with zero attached hydrogens (tertiary/aromatic N) is 1. The lowest BCUT2D eigenvalue weighted by Gasteiger charge is -2.04. The van der Waals surface area contributed by atoms with Crippen molar-refractivity contribution in [1.82, 2.24) is 4.98 Å². The maximum absolute atomic E-state index is 12.3. The second-order valence-corrected chi connectivity index (χ2v) is 3.70. The van der Waals surface area contributed by atoms with Crippen LogP contribution in [0.4, 0.5) is 19.0 Å². The Hall–Kier alpha value is -2.11. The third kappa shape index (κ3) is 3.19. The van der Waals surface area contributed by atoms with Gasteiger partial charge in [0.25, 0.3) is 5.82 Å². The standard InChI is InChI=1S/C12H10F3N3/c13-12(14,15)10-3-4-11(18-8-10)17-7-9-2-1-5-16-6-9/h1-6,8H,7H2,(H,17,18)/p+1. The molecule has 0 amide bonds. The number of anilines is 1. The van der Waals surface area contributed by atoms with Crippen LogP contribution in [0.3, 0.4) is 0 Å². The van der Waals surface area contributed by atoms with Crippen molar-refractivity contribution in [3.63, 3.8) is 0 Å². The molecule has 3 nitrogen and oxygen atoms in total. The van der Waals surface area contributed by atoms with E-state index < -0.39 is 11.7 Å². The minimum atomic E-state index is -4.32. The summed E-state index contributed by atoms with van der Waals surface area (Å²) in [6, 6.07) is 6.07. The first-order valence-corrected chi connectivity index (χ1v) is 5.27. The lowest BCUT2D eigenvalue weighted by molar-refractivity contribution is -0.364. The molecule has 0 saturated heterocycles. The third-order valence-electron chi connectivity index (χ3n) is 2.35. The van der Waals surface area contributed by atoms with Gasteiger partial charge in [0, 0.05) is 24.0 Å². The first-order chi connectivity index (χ1) is 8.55. The molecule has 2 aromatic heterocycles. The summed E-state index contributed by atoms with van der Waals surface area (Å²) < 4.78 is 37.0. The van der Waals surface area contributed by atoms with E-state index in [-0.39, 0.29) is 0 Å². The molecule has 2 aromatic rings. The molecule has 0 aliphatic heterocycles. The van der Waals surface area contributed by atoms with Gasteiger partial charge in [-0.15, -0.1) is 0 Å². The number of halogens is 3. The predicted molar refractivity (Wildman–Crippen MR) is 59.6 cm³/mol. The Bertz CT molecular complexity index is 494. The van der Waals surface area contributed by atoms with E-state index in [4.69, 9.17) is 0 Å². The Morgan fingerprint density at radius 1 is 1.22 bits per heavy atom. The molecule has 2 rings (SSSR count). The molecule has 18 heavy (non-hydrogen) atoms. The number of hydrogen-bond donors (Lipinski definition) is 1. The van der Waals surface area contributed by atoms with Crippen LogP contribution in [-0.2, 0) is 12.7 Å². The van der Waals surface area contributed by atoms with Crippen molar-refractivity contribution < 1.29 is 18.2 Å². The highest BCUT2D eigenvalue weighted by molar-refractivity contribution is 5.31. The zero-order valence-electron chi connectivity index (χ0n) is 9.33. The van der Waals surface area contributed by atoms with E-state index in [1.54, 1.807) is 18.5 Å². The first-order valence-electron chi connectivity index (χ1n) is 5.27. The van der Waals surface area contributed by atoms with E-state index in [0.29, 0.717) is 12.4 Å². The van der Waals surface area contributed by atoms with Gasteiger partial charge >= 0.3 is 6.18 Å². The SMILES string of the molecule is FC(F)(F)c1ccc(NCc2cccnc2)[nH+]c1. The lowest BCUT2D eigenvalue weighted by Crippen LogP contribution is -2.16. The Balaban J connectivity index is 1.99. The highest BCUT2D eigenvalue weighted by atomic mass is 19.4. The van der Waals surface area contributed by atoms with Crippen LogP contribution < -0.4 is 10.3 Å². The topological polar surface area (TPSA) is 39.1 Å². The van der Waals surface area contributed by atoms with Crippen molar-refractivity contribution in [3.05, 3.63) is 54.0 Å². The highest BCUT2D eigenvalue weighted by Gasteiger charge is 2.31. The van der Waals surface area contributed by atoms with Gasteiger partial charge in [-0.05, 0) is 12.1 Å². The zero-order valence-corrected chi connectivity index (χ0v) is 9.33. The van der Waals surface area contributed by atoms with E-state index in [9.17, 15) is 13.2 Å². The molecular formula is C12H11F3N3+. The van der Waals surface area contributed by atoms with Crippen LogP contribution in [0.5, 0.6) is 0 Å². The Morgan fingerprint density at radius 3 is 2.61 bits per heavy atom. The molecule has 0 saturated carbocycles. The summed E-state index contributed by atoms with van der Waals surface area (Å²) in [7, 11) is 0. The van der Waals surface area contributed by atoms with Gasteiger partial charge in [0.1, 0.15) is 12.7 Å². The molecule has 2 N–H and O–H groups in total. The summed E-state index contributed by atoms with van der Waals surface area (Å²) in [6.45, 7) is 0.496. The third-order valence-corrected chi connectivity index (χ3v) is 2.35. The van der Waals surface area contributed by atoms with Crippen molar-refractivity contribution in [1.29, 1.82) is 0 Å². The summed E-state index contributed by atoms with van der Waals surface area (Å²) in [6.07, 6.45) is -0.0329. The van der Waals surface area contributed by atoms with Crippen LogP contribution in [0.2, 0.25) is 0 Å². The number of alkyl halides is 3. The van der Waals surface area contributed by atoms with Crippen molar-refractivity contribution in [2.24, 2.45) is 0 Å². The second kappa shape index (κ2) is 5.03. The minimum absolute atomic E-state index is 0.496. The summed E-state index contributed by atoms with van der Waals surface area (Å²) in [4.78, 5) is 6.51. The molecule has 2 heterocycles. The average Bonchev–Trinajstić information content (AvgIpc) is 2.37. The molecule has 0 aliphatic carbocycles. The van der Waals surface area contributed by atoms with Gasteiger partial charge in [-0.25, -0.2) is 4.98 Å². The van der Waals surface area contributed by atoms with Gasteiger partial charge in [-0.2, -0.15) is 13.2 Å². The smallest absolute Gasteiger partial charge is 0.270 e. The molecule has 0 spiro atoms. The number of pyridine rings is 2. The van der Waals surface area contributed by atoms with Crippen molar-refractivity contribution in [2.45, 2.75) is 12.7 Å². The molecule has 0 unspecified atom stereocenters. The molecule has 0 bridgehead atoms. The fraction of sp³-hybridized carbons (Fsp3) is 0.167. The molecule has 0 aliphatic rings. The van der Waals surface area contributed by atoms with Crippen LogP contribution >= 0.6 is 0 Å². The van der Waals surface area contributed by atoms with E-state index in [1.165, 1.54) is 6.07 Å². The van der Waals surface area contributed by atoms with Crippen molar-refractivity contribution in [2.75, 3.05) is 5.32 Å². The summed E-state index contributed by atoms with van der Waals surface area (Å²) >= 11 is 0. The van der Waals surface area contributed by atoms with Crippen LogP contribution in [-0.4, -0.2) is 4.98 Å². The molecule has 0 radical (unpaired) electrons. The summed E-state index contributed by atoms with van der Waals surface area (Å²) in [5.74, 6) is 0.520. The molecule has 0 atom stereocenters. The largest absolute Gasteiger partial charge is 0.419 e. The fourth-order valence-electron chi connectivity index (χ4n) is 1.41. The van der Waals surface area contributed by atoms with Gasteiger partial charge in [0.05, 0.1) is 5.56 Å². The van der Waals surface area contributed by atoms with Crippen LogP contribution in [0.1, 0.15) is 11.1 Å². The normalized spacial score (nSPS) is 11.3. The Kier molecular flexibility index (Phi) is 3.45. The number of H-pyrrole nitrogens is 1. The van der Waals surface area contributed by atoms with Crippen molar-refractivity contribution >= 4 is 5.82 Å². The number of aromatic nitrogens is 2. The Morgan fingerprint density at radius 2 is 2.06 bits per heavy atom. The summed E-state index contributed by atoms with van der Waals surface area (Å²) in [5.41, 5.74) is 0.250.